The summed E-state index contributed by atoms with van der Waals surface area (Å²) in [6, 6.07) is 7.70. The Morgan fingerprint density at radius 1 is 1.25 bits per heavy atom. The van der Waals surface area contributed by atoms with Crippen LogP contribution >= 0.6 is 0 Å². The molecule has 1 aromatic heterocycles. The molecule has 2 aromatic rings. The molecule has 0 unspecified atom stereocenters. The van der Waals surface area contributed by atoms with Gasteiger partial charge in [-0.25, -0.2) is 9.48 Å². The van der Waals surface area contributed by atoms with Gasteiger partial charge < -0.3 is 15.0 Å². The Morgan fingerprint density at radius 2 is 1.92 bits per heavy atom. The molecular weight excluding hydrogens is 310 g/mol. The van der Waals surface area contributed by atoms with E-state index in [0.717, 1.165) is 20.6 Å². The van der Waals surface area contributed by atoms with E-state index in [9.17, 15) is 9.59 Å². The van der Waals surface area contributed by atoms with Crippen molar-refractivity contribution in [3.63, 3.8) is 0 Å². The van der Waals surface area contributed by atoms with Crippen molar-refractivity contribution in [2.75, 3.05) is 33.1 Å². The van der Waals surface area contributed by atoms with Crippen LogP contribution in [0, 0.1) is 0 Å². The maximum Gasteiger partial charge on any atom is 0.346 e. The van der Waals surface area contributed by atoms with E-state index in [0.29, 0.717) is 6.54 Å². The lowest BCUT2D eigenvalue weighted by molar-refractivity contribution is 0.299. The van der Waals surface area contributed by atoms with Crippen molar-refractivity contribution >= 4 is 5.82 Å². The first-order chi connectivity index (χ1) is 11.4. The first-order valence-corrected chi connectivity index (χ1v) is 7.54. The number of nitrogens with one attached hydrogen (secondary N) is 1. The maximum absolute atomic E-state index is 12.2. The molecule has 1 aromatic carbocycles. The molecule has 0 fully saturated rings. The quantitative estimate of drug-likeness (QED) is 0.813. The third kappa shape index (κ3) is 3.48. The Morgan fingerprint density at radius 3 is 2.54 bits per heavy atom. The van der Waals surface area contributed by atoms with Crippen LogP contribution in [-0.2, 0) is 14.1 Å². The Bertz CT molecular complexity index is 825. The van der Waals surface area contributed by atoms with Gasteiger partial charge in [0.1, 0.15) is 5.75 Å². The zero-order valence-corrected chi connectivity index (χ0v) is 14.6. The number of hydrogen-bond acceptors (Lipinski definition) is 6. The Hall–Kier alpha value is -2.61. The molecule has 1 N–H and O–H groups in total. The standard InChI is InChI=1S/C16H23N5O3/c1-19(2)12(11-8-6-7-9-13(11)24-5)10-17-14-15(22)20(3)16(23)21(4)18-14/h6-9,12H,10H2,1-5H3,(H,17,18)/t12-/m0/s1. The Kier molecular flexibility index (Phi) is 5.40. The number of aryl methyl sites for hydroxylation is 1. The number of methoxy groups -OCH3 is 1. The van der Waals surface area contributed by atoms with E-state index >= 15 is 0 Å². The predicted molar refractivity (Wildman–Crippen MR) is 92.6 cm³/mol. The van der Waals surface area contributed by atoms with Crippen molar-refractivity contribution in [2.24, 2.45) is 14.1 Å². The summed E-state index contributed by atoms with van der Waals surface area (Å²) in [5.41, 5.74) is 0.0919. The average Bonchev–Trinajstić information content (AvgIpc) is 2.57. The molecule has 0 saturated heterocycles. The summed E-state index contributed by atoms with van der Waals surface area (Å²) in [6.07, 6.45) is 0. The topological polar surface area (TPSA) is 81.4 Å². The van der Waals surface area contributed by atoms with Crippen molar-refractivity contribution in [3.8, 4) is 5.75 Å². The van der Waals surface area contributed by atoms with Gasteiger partial charge in [-0.15, -0.1) is 5.10 Å². The highest BCUT2D eigenvalue weighted by molar-refractivity contribution is 5.38. The van der Waals surface area contributed by atoms with Crippen LogP contribution in [0.3, 0.4) is 0 Å². The number of anilines is 1. The summed E-state index contributed by atoms with van der Waals surface area (Å²) in [6.45, 7) is 0.438. The highest BCUT2D eigenvalue weighted by atomic mass is 16.5. The first-order valence-electron chi connectivity index (χ1n) is 7.54. The highest BCUT2D eigenvalue weighted by Gasteiger charge is 2.19. The zero-order valence-electron chi connectivity index (χ0n) is 14.6. The van der Waals surface area contributed by atoms with Gasteiger partial charge in [-0.2, -0.15) is 0 Å². The van der Waals surface area contributed by atoms with Gasteiger partial charge in [-0.3, -0.25) is 9.36 Å². The van der Waals surface area contributed by atoms with Crippen LogP contribution < -0.4 is 21.3 Å². The molecule has 24 heavy (non-hydrogen) atoms. The van der Waals surface area contributed by atoms with Crippen LogP contribution in [-0.4, -0.2) is 47.0 Å². The minimum Gasteiger partial charge on any atom is -0.496 e. The van der Waals surface area contributed by atoms with Gasteiger partial charge in [0.2, 0.25) is 5.82 Å². The lowest BCUT2D eigenvalue weighted by Gasteiger charge is -2.26. The number of likely N-dealkylation sites (N-methyl/N-ethyl adjacent to an activating group) is 1. The fraction of sp³-hybridized carbons (Fsp3) is 0.438. The van der Waals surface area contributed by atoms with Crippen LogP contribution in [0.15, 0.2) is 33.9 Å². The van der Waals surface area contributed by atoms with Gasteiger partial charge in [-0.05, 0) is 20.2 Å². The van der Waals surface area contributed by atoms with Gasteiger partial charge in [0.15, 0.2) is 0 Å². The zero-order chi connectivity index (χ0) is 17.9. The van der Waals surface area contributed by atoms with Crippen LogP contribution in [0.2, 0.25) is 0 Å². The summed E-state index contributed by atoms with van der Waals surface area (Å²) in [5, 5.41) is 7.06. The molecule has 0 amide bonds. The van der Waals surface area contributed by atoms with E-state index in [-0.39, 0.29) is 11.9 Å². The fourth-order valence-electron chi connectivity index (χ4n) is 2.52. The van der Waals surface area contributed by atoms with Crippen LogP contribution in [0.25, 0.3) is 0 Å². The van der Waals surface area contributed by atoms with Gasteiger partial charge in [0, 0.05) is 26.2 Å². The second-order valence-electron chi connectivity index (χ2n) is 5.72. The van der Waals surface area contributed by atoms with E-state index in [1.807, 2.05) is 43.3 Å². The van der Waals surface area contributed by atoms with Crippen molar-refractivity contribution in [2.45, 2.75) is 6.04 Å². The van der Waals surface area contributed by atoms with Crippen LogP contribution in [0.1, 0.15) is 11.6 Å². The minimum atomic E-state index is -0.459. The molecule has 8 heteroatoms. The van der Waals surface area contributed by atoms with E-state index in [4.69, 9.17) is 4.74 Å². The summed E-state index contributed by atoms with van der Waals surface area (Å²) in [7, 11) is 8.47. The van der Waals surface area contributed by atoms with E-state index in [1.165, 1.54) is 14.1 Å². The van der Waals surface area contributed by atoms with E-state index < -0.39 is 11.2 Å². The van der Waals surface area contributed by atoms with E-state index in [1.54, 1.807) is 7.11 Å². The van der Waals surface area contributed by atoms with Crippen molar-refractivity contribution in [1.82, 2.24) is 19.2 Å². The third-order valence-electron chi connectivity index (χ3n) is 3.91. The summed E-state index contributed by atoms with van der Waals surface area (Å²) in [5.74, 6) is 0.917. The number of aromatic nitrogens is 3. The van der Waals surface area contributed by atoms with Crippen molar-refractivity contribution in [1.29, 1.82) is 0 Å². The van der Waals surface area contributed by atoms with Crippen molar-refractivity contribution < 1.29 is 4.74 Å². The second kappa shape index (κ2) is 7.31. The Labute approximate surface area is 140 Å². The van der Waals surface area contributed by atoms with Crippen LogP contribution in [0.5, 0.6) is 5.75 Å². The number of para-hydroxylation sites is 1. The minimum absolute atomic E-state index is 0.0371. The van der Waals surface area contributed by atoms with Gasteiger partial charge in [0.05, 0.1) is 13.2 Å². The van der Waals surface area contributed by atoms with Gasteiger partial charge in [-0.1, -0.05) is 18.2 Å². The highest BCUT2D eigenvalue weighted by Crippen LogP contribution is 2.27. The number of benzene rings is 1. The molecule has 0 bridgehead atoms. The average molecular weight is 333 g/mol. The van der Waals surface area contributed by atoms with Crippen LogP contribution in [0.4, 0.5) is 5.82 Å². The molecule has 0 aliphatic heterocycles. The Balaban J connectivity index is 2.31. The number of nitrogens with zero attached hydrogens (tertiary/aromatic N) is 4. The SMILES string of the molecule is COc1ccccc1[C@H](CNc1nn(C)c(=O)n(C)c1=O)N(C)C. The molecular formula is C16H23N5O3. The summed E-state index contributed by atoms with van der Waals surface area (Å²) < 4.78 is 7.59. The molecule has 0 aliphatic rings. The molecule has 0 saturated carbocycles. The smallest absolute Gasteiger partial charge is 0.346 e. The molecule has 8 nitrogen and oxygen atoms in total. The molecule has 0 spiro atoms. The molecule has 0 aliphatic carbocycles. The summed E-state index contributed by atoms with van der Waals surface area (Å²) >= 11 is 0. The largest absolute Gasteiger partial charge is 0.496 e. The lowest BCUT2D eigenvalue weighted by atomic mass is 10.0. The monoisotopic (exact) mass is 333 g/mol. The molecule has 0 radical (unpaired) electrons. The number of ether oxygens (including phenoxy) is 1. The maximum atomic E-state index is 12.2. The summed E-state index contributed by atoms with van der Waals surface area (Å²) in [4.78, 5) is 25.9. The fourth-order valence-corrected chi connectivity index (χ4v) is 2.52. The number of rotatable bonds is 6. The van der Waals surface area contributed by atoms with E-state index in [2.05, 4.69) is 10.4 Å². The molecule has 1 atom stereocenters. The normalized spacial score (nSPS) is 12.2. The van der Waals surface area contributed by atoms with Gasteiger partial charge >= 0.3 is 5.69 Å². The first kappa shape index (κ1) is 17.7. The molecule has 1 heterocycles. The number of hydrogen-bond donors (Lipinski definition) is 1. The predicted octanol–water partition coefficient (Wildman–Crippen LogP) is 0.202. The van der Waals surface area contributed by atoms with Gasteiger partial charge in [0.25, 0.3) is 5.56 Å². The third-order valence-corrected chi connectivity index (χ3v) is 3.91. The molecule has 130 valence electrons. The molecule has 2 rings (SSSR count). The second-order valence-corrected chi connectivity index (χ2v) is 5.72. The van der Waals surface area contributed by atoms with Crippen molar-refractivity contribution in [3.05, 3.63) is 50.7 Å². The lowest BCUT2D eigenvalue weighted by Crippen LogP contribution is -2.40.